The number of carboxylic acid groups (broad SMARTS) is 1. The van der Waals surface area contributed by atoms with E-state index in [0.717, 1.165) is 39.5 Å². The van der Waals surface area contributed by atoms with Crippen LogP contribution < -0.4 is 20.7 Å². The molecule has 220 valence electrons. The van der Waals surface area contributed by atoms with Crippen LogP contribution in [0.2, 0.25) is 0 Å². The average molecular weight is 582 g/mol. The van der Waals surface area contributed by atoms with E-state index in [4.69, 9.17) is 10.1 Å². The largest absolute Gasteiger partial charge is 0.483 e. The molecule has 6 rings (SSSR count). The maximum absolute atomic E-state index is 13.3. The number of aromatic nitrogens is 2. The van der Waals surface area contributed by atoms with Gasteiger partial charge in [0.15, 0.2) is 5.82 Å². The lowest BCUT2D eigenvalue weighted by molar-refractivity contribution is -0.118. The number of hydrogen-bond acceptors (Lipinski definition) is 8. The Labute approximate surface area is 247 Å². The number of nitrogens with one attached hydrogen (secondary N) is 4. The normalized spacial score (nSPS) is 17.0. The second-order valence-corrected chi connectivity index (χ2v) is 10.0. The number of amides is 2. The van der Waals surface area contributed by atoms with Gasteiger partial charge >= 0.3 is 5.97 Å². The highest BCUT2D eigenvalue weighted by molar-refractivity contribution is 6.44. The van der Waals surface area contributed by atoms with Gasteiger partial charge < -0.3 is 31.2 Å². The lowest BCUT2D eigenvalue weighted by Gasteiger charge is -2.21. The lowest BCUT2D eigenvalue weighted by atomic mass is 9.98. The number of hydrogen-bond donors (Lipinski definition) is 5. The molecule has 1 aliphatic carbocycles. The van der Waals surface area contributed by atoms with Crippen LogP contribution in [0.4, 0.5) is 0 Å². The van der Waals surface area contributed by atoms with E-state index in [1.54, 1.807) is 38.3 Å². The van der Waals surface area contributed by atoms with Crippen LogP contribution in [0, 0.1) is 12.3 Å². The summed E-state index contributed by atoms with van der Waals surface area (Å²) in [6.45, 7) is 6.72. The first-order valence-corrected chi connectivity index (χ1v) is 13.6. The Kier molecular flexibility index (Phi) is 8.19. The van der Waals surface area contributed by atoms with Gasteiger partial charge in [-0.25, -0.2) is 14.8 Å². The molecule has 1 atom stereocenters. The van der Waals surface area contributed by atoms with Crippen molar-refractivity contribution in [2.45, 2.75) is 45.9 Å². The third kappa shape index (κ3) is 5.67. The SMILES string of the molecule is C/C=C1\N=C(C(=O)NC2CCc3c2ccc(C(=O)O)c3C)C=C(C(=O)NCc2ccc3c(c2)-n2ccnc2CO3)N1.C=N. The zero-order chi connectivity index (χ0) is 30.7. The van der Waals surface area contributed by atoms with E-state index in [1.165, 1.54) is 6.08 Å². The molecule has 0 bridgehead atoms. The lowest BCUT2D eigenvalue weighted by Crippen LogP contribution is -2.38. The minimum absolute atomic E-state index is 0.105. The first-order valence-electron chi connectivity index (χ1n) is 13.6. The minimum Gasteiger partial charge on any atom is -0.483 e. The first kappa shape index (κ1) is 29.0. The number of benzene rings is 2. The second-order valence-electron chi connectivity index (χ2n) is 10.0. The van der Waals surface area contributed by atoms with Crippen molar-refractivity contribution in [1.29, 1.82) is 5.41 Å². The van der Waals surface area contributed by atoms with E-state index in [-0.39, 0.29) is 35.5 Å². The fourth-order valence-electron chi connectivity index (χ4n) is 5.43. The smallest absolute Gasteiger partial charge is 0.335 e. The van der Waals surface area contributed by atoms with Gasteiger partial charge in [-0.15, -0.1) is 0 Å². The number of aliphatic imine (C=N–C) groups is 1. The monoisotopic (exact) mass is 581 g/mol. The Morgan fingerprint density at radius 1 is 1.23 bits per heavy atom. The summed E-state index contributed by atoms with van der Waals surface area (Å²) in [7, 11) is 0. The number of rotatable bonds is 6. The number of fused-ring (bicyclic) bond motifs is 4. The Balaban J connectivity index is 0.00000180. The Morgan fingerprint density at radius 3 is 2.81 bits per heavy atom. The zero-order valence-electron chi connectivity index (χ0n) is 23.7. The Morgan fingerprint density at radius 2 is 2.05 bits per heavy atom. The zero-order valence-corrected chi connectivity index (χ0v) is 23.7. The summed E-state index contributed by atoms with van der Waals surface area (Å²) in [6.07, 6.45) is 8.03. The molecule has 3 aromatic rings. The van der Waals surface area contributed by atoms with Crippen molar-refractivity contribution < 1.29 is 24.2 Å². The number of allylic oxidation sites excluding steroid dienone is 1. The number of carboxylic acids is 1. The maximum Gasteiger partial charge on any atom is 0.335 e. The molecule has 1 aromatic heterocycles. The van der Waals surface area contributed by atoms with E-state index in [9.17, 15) is 19.5 Å². The van der Waals surface area contributed by atoms with Gasteiger partial charge in [0.05, 0.1) is 17.3 Å². The maximum atomic E-state index is 13.3. The number of carbonyl (C=O) groups is 3. The van der Waals surface area contributed by atoms with Crippen molar-refractivity contribution in [3.05, 3.63) is 100 Å². The van der Waals surface area contributed by atoms with Crippen molar-refractivity contribution in [3.63, 3.8) is 0 Å². The molecule has 2 aliphatic heterocycles. The van der Waals surface area contributed by atoms with Gasteiger partial charge in [-0.3, -0.25) is 14.2 Å². The van der Waals surface area contributed by atoms with Gasteiger partial charge in [0.1, 0.15) is 29.6 Å². The van der Waals surface area contributed by atoms with Crippen molar-refractivity contribution in [1.82, 2.24) is 25.5 Å². The van der Waals surface area contributed by atoms with Crippen molar-refractivity contribution >= 4 is 30.2 Å². The Bertz CT molecular complexity index is 1720. The van der Waals surface area contributed by atoms with E-state index in [2.05, 4.69) is 32.6 Å². The van der Waals surface area contributed by atoms with Crippen LogP contribution in [0.25, 0.3) is 5.69 Å². The summed E-state index contributed by atoms with van der Waals surface area (Å²) in [6, 6.07) is 8.77. The molecule has 43 heavy (non-hydrogen) atoms. The number of carbonyl (C=O) groups excluding carboxylic acids is 2. The van der Waals surface area contributed by atoms with E-state index < -0.39 is 11.9 Å². The van der Waals surface area contributed by atoms with Crippen LogP contribution in [0.5, 0.6) is 5.75 Å². The molecule has 0 saturated heterocycles. The molecule has 0 fully saturated rings. The van der Waals surface area contributed by atoms with Crippen LogP contribution in [0.1, 0.15) is 57.8 Å². The molecular weight excluding hydrogens is 550 g/mol. The van der Waals surface area contributed by atoms with Crippen LogP contribution in [-0.2, 0) is 29.2 Å². The van der Waals surface area contributed by atoms with E-state index in [1.807, 2.05) is 29.0 Å². The molecule has 3 heterocycles. The van der Waals surface area contributed by atoms with Gasteiger partial charge in [0.25, 0.3) is 11.8 Å². The average Bonchev–Trinajstić information content (AvgIpc) is 3.68. The van der Waals surface area contributed by atoms with Crippen LogP contribution in [0.3, 0.4) is 0 Å². The first-order chi connectivity index (χ1) is 20.8. The standard InChI is InChI=1S/C30H28N6O5.CH3N/c1-3-26-33-22(28(37)32-14-17-4-9-25-24(12-17)36-11-10-31-27(36)15-41-25)13-23(34-26)29(38)35-21-8-7-18-16(2)19(30(39)40)5-6-20(18)21;1-2/h3-6,9-13,21,33H,7-8,14-15H2,1-2H3,(H,32,37)(H,35,38)(H,39,40);2H,1H2/b26-3-;. The van der Waals surface area contributed by atoms with E-state index in [0.29, 0.717) is 25.3 Å². The van der Waals surface area contributed by atoms with Gasteiger partial charge in [-0.05, 0) is 86.0 Å². The minimum atomic E-state index is -0.968. The molecule has 0 radical (unpaired) electrons. The van der Waals surface area contributed by atoms with Crippen molar-refractivity contribution in [2.24, 2.45) is 4.99 Å². The highest BCUT2D eigenvalue weighted by Crippen LogP contribution is 2.35. The van der Waals surface area contributed by atoms with Gasteiger partial charge in [0.2, 0.25) is 0 Å². The molecule has 12 nitrogen and oxygen atoms in total. The van der Waals surface area contributed by atoms with Crippen LogP contribution in [-0.4, -0.2) is 44.9 Å². The summed E-state index contributed by atoms with van der Waals surface area (Å²) in [5.41, 5.74) is 4.88. The molecular formula is C31H31N7O5. The van der Waals surface area contributed by atoms with Crippen molar-refractivity contribution in [3.8, 4) is 11.4 Å². The van der Waals surface area contributed by atoms with Crippen LogP contribution >= 0.6 is 0 Å². The molecule has 0 spiro atoms. The van der Waals surface area contributed by atoms with Crippen LogP contribution in [0.15, 0.2) is 71.4 Å². The molecule has 3 aliphatic rings. The van der Waals surface area contributed by atoms with Gasteiger partial charge in [0, 0.05) is 18.9 Å². The number of imidazole rings is 1. The molecule has 5 N–H and O–H groups in total. The molecule has 12 heteroatoms. The molecule has 0 saturated carbocycles. The summed E-state index contributed by atoms with van der Waals surface area (Å²) < 4.78 is 7.72. The fraction of sp³-hybridized carbons (Fsp3) is 0.226. The fourth-order valence-corrected chi connectivity index (χ4v) is 5.43. The Hall–Kier alpha value is -5.52. The highest BCUT2D eigenvalue weighted by atomic mass is 16.5. The van der Waals surface area contributed by atoms with Gasteiger partial charge in [-0.2, -0.15) is 0 Å². The number of aromatic carboxylic acids is 1. The topological polar surface area (TPSA) is 171 Å². The molecule has 2 aromatic carbocycles. The predicted molar refractivity (Wildman–Crippen MR) is 159 cm³/mol. The number of ether oxygens (including phenoxy) is 1. The quantitative estimate of drug-likeness (QED) is 0.278. The number of nitrogens with zero attached hydrogens (tertiary/aromatic N) is 3. The third-order valence-electron chi connectivity index (χ3n) is 7.57. The van der Waals surface area contributed by atoms with E-state index >= 15 is 0 Å². The van der Waals surface area contributed by atoms with Crippen molar-refractivity contribution in [2.75, 3.05) is 0 Å². The second kappa shape index (κ2) is 12.1. The summed E-state index contributed by atoms with van der Waals surface area (Å²) in [5, 5.41) is 23.8. The summed E-state index contributed by atoms with van der Waals surface area (Å²) in [4.78, 5) is 46.6. The van der Waals surface area contributed by atoms with Gasteiger partial charge in [-0.1, -0.05) is 12.1 Å². The molecule has 2 amide bonds. The predicted octanol–water partition coefficient (Wildman–Crippen LogP) is 3.25. The summed E-state index contributed by atoms with van der Waals surface area (Å²) >= 11 is 0. The molecule has 1 unspecified atom stereocenters. The third-order valence-corrected chi connectivity index (χ3v) is 7.57. The highest BCUT2D eigenvalue weighted by Gasteiger charge is 2.29. The summed E-state index contributed by atoms with van der Waals surface area (Å²) in [5.74, 6) is 0.166.